The highest BCUT2D eigenvalue weighted by atomic mass is 19.4. The number of aryl methyl sites for hydroxylation is 2. The number of alkyl halides is 3. The molecule has 2 rings (SSSR count). The van der Waals surface area contributed by atoms with Crippen LogP contribution in [0.3, 0.4) is 0 Å². The largest absolute Gasteiger partial charge is 0.414 e. The number of aliphatic hydroxyl groups excluding tert-OH is 1. The van der Waals surface area contributed by atoms with Gasteiger partial charge in [-0.05, 0) is 56.8 Å². The molecule has 0 aliphatic carbocycles. The highest BCUT2D eigenvalue weighted by Crippen LogP contribution is 2.32. The molecule has 1 fully saturated rings. The lowest BCUT2D eigenvalue weighted by Gasteiger charge is -2.35. The molecule has 1 atom stereocenters. The number of nitrogens with zero attached hydrogens (tertiary/aromatic N) is 1. The number of piperidine rings is 1. The zero-order valence-electron chi connectivity index (χ0n) is 12.5. The molecule has 21 heavy (non-hydrogen) atoms. The molecule has 0 aromatic heterocycles. The number of hydrogen-bond donors (Lipinski definition) is 1. The Kier molecular flexibility index (Phi) is 4.94. The van der Waals surface area contributed by atoms with Crippen molar-refractivity contribution >= 4 is 0 Å². The summed E-state index contributed by atoms with van der Waals surface area (Å²) in [5.74, 6) is -0.667. The van der Waals surface area contributed by atoms with Crippen LogP contribution >= 0.6 is 0 Å². The fraction of sp³-hybridized carbons (Fsp3) is 0.625. The Balaban J connectivity index is 1.91. The lowest BCUT2D eigenvalue weighted by Crippen LogP contribution is -2.43. The second kappa shape index (κ2) is 6.36. The molecular weight excluding hydrogens is 279 g/mol. The van der Waals surface area contributed by atoms with E-state index in [2.05, 4.69) is 30.0 Å². The second-order valence-electron chi connectivity index (χ2n) is 6.03. The van der Waals surface area contributed by atoms with Crippen molar-refractivity contribution in [2.24, 2.45) is 5.92 Å². The molecule has 0 amide bonds. The van der Waals surface area contributed by atoms with Crippen LogP contribution in [0.15, 0.2) is 18.2 Å². The van der Waals surface area contributed by atoms with Crippen LogP contribution in [0.25, 0.3) is 0 Å². The van der Waals surface area contributed by atoms with Gasteiger partial charge in [-0.1, -0.05) is 23.8 Å². The van der Waals surface area contributed by atoms with E-state index in [0.29, 0.717) is 25.9 Å². The van der Waals surface area contributed by atoms with Gasteiger partial charge in [0.15, 0.2) is 6.10 Å². The van der Waals surface area contributed by atoms with Gasteiger partial charge in [-0.2, -0.15) is 13.2 Å². The molecule has 1 aromatic carbocycles. The van der Waals surface area contributed by atoms with Crippen molar-refractivity contribution in [3.8, 4) is 0 Å². The molecule has 1 N–H and O–H groups in total. The summed E-state index contributed by atoms with van der Waals surface area (Å²) in [5, 5.41) is 9.32. The van der Waals surface area contributed by atoms with Crippen molar-refractivity contribution in [1.82, 2.24) is 4.90 Å². The van der Waals surface area contributed by atoms with Gasteiger partial charge >= 0.3 is 6.18 Å². The molecule has 0 spiro atoms. The number of aliphatic hydroxyl groups is 1. The van der Waals surface area contributed by atoms with Crippen molar-refractivity contribution in [3.05, 3.63) is 34.9 Å². The molecule has 1 aliphatic heterocycles. The van der Waals surface area contributed by atoms with Gasteiger partial charge in [0.25, 0.3) is 0 Å². The average Bonchev–Trinajstić information content (AvgIpc) is 2.42. The van der Waals surface area contributed by atoms with Crippen LogP contribution < -0.4 is 0 Å². The molecule has 0 bridgehead atoms. The Hall–Kier alpha value is -1.07. The summed E-state index contributed by atoms with van der Waals surface area (Å²) in [4.78, 5) is 2.17. The first-order chi connectivity index (χ1) is 9.77. The predicted molar refractivity (Wildman–Crippen MR) is 76.0 cm³/mol. The van der Waals surface area contributed by atoms with Gasteiger partial charge in [0.1, 0.15) is 0 Å². The minimum atomic E-state index is -4.50. The van der Waals surface area contributed by atoms with Gasteiger partial charge in [0.2, 0.25) is 0 Å². The molecule has 5 heteroatoms. The summed E-state index contributed by atoms with van der Waals surface area (Å²) < 4.78 is 37.5. The number of rotatable bonds is 3. The SMILES string of the molecule is Cc1ccc(C)c(CN2CCC(C(O)C(F)(F)F)CC2)c1. The van der Waals surface area contributed by atoms with Crippen molar-refractivity contribution in [2.75, 3.05) is 13.1 Å². The normalized spacial score (nSPS) is 19.7. The molecule has 118 valence electrons. The minimum absolute atomic E-state index is 0.394. The van der Waals surface area contributed by atoms with Gasteiger partial charge in [-0.15, -0.1) is 0 Å². The number of likely N-dealkylation sites (tertiary alicyclic amines) is 1. The fourth-order valence-electron chi connectivity index (χ4n) is 2.91. The monoisotopic (exact) mass is 301 g/mol. The maximum Gasteiger partial charge on any atom is 0.414 e. The van der Waals surface area contributed by atoms with Crippen LogP contribution in [0, 0.1) is 19.8 Å². The first-order valence-corrected chi connectivity index (χ1v) is 7.30. The van der Waals surface area contributed by atoms with Crippen LogP contribution in [-0.2, 0) is 6.54 Å². The average molecular weight is 301 g/mol. The van der Waals surface area contributed by atoms with E-state index in [1.165, 1.54) is 16.7 Å². The van der Waals surface area contributed by atoms with Gasteiger partial charge in [0.05, 0.1) is 0 Å². The summed E-state index contributed by atoms with van der Waals surface area (Å²) in [6.45, 7) is 6.06. The Morgan fingerprint density at radius 3 is 2.43 bits per heavy atom. The zero-order chi connectivity index (χ0) is 15.6. The van der Waals surface area contributed by atoms with E-state index in [9.17, 15) is 18.3 Å². The van der Waals surface area contributed by atoms with E-state index in [0.717, 1.165) is 6.54 Å². The molecule has 1 aliphatic rings. The van der Waals surface area contributed by atoms with Crippen LogP contribution in [0.5, 0.6) is 0 Å². The first-order valence-electron chi connectivity index (χ1n) is 7.30. The summed E-state index contributed by atoms with van der Waals surface area (Å²) in [5.41, 5.74) is 3.63. The zero-order valence-corrected chi connectivity index (χ0v) is 12.5. The Labute approximate surface area is 123 Å². The number of hydrogen-bond acceptors (Lipinski definition) is 2. The van der Waals surface area contributed by atoms with E-state index in [-0.39, 0.29) is 0 Å². The highest BCUT2D eigenvalue weighted by Gasteiger charge is 2.44. The van der Waals surface area contributed by atoms with E-state index < -0.39 is 18.2 Å². The van der Waals surface area contributed by atoms with Crippen LogP contribution in [-0.4, -0.2) is 35.4 Å². The van der Waals surface area contributed by atoms with Crippen molar-refractivity contribution in [1.29, 1.82) is 0 Å². The standard InChI is InChI=1S/C16H22F3NO/c1-11-3-4-12(2)14(9-11)10-20-7-5-13(6-8-20)15(21)16(17,18)19/h3-4,9,13,15,21H,5-8,10H2,1-2H3. The van der Waals surface area contributed by atoms with Crippen molar-refractivity contribution < 1.29 is 18.3 Å². The third kappa shape index (κ3) is 4.20. The molecule has 0 saturated carbocycles. The van der Waals surface area contributed by atoms with E-state index in [1.807, 2.05) is 6.92 Å². The smallest absolute Gasteiger partial charge is 0.383 e. The van der Waals surface area contributed by atoms with Crippen molar-refractivity contribution in [3.63, 3.8) is 0 Å². The Bertz CT molecular complexity index is 479. The molecule has 2 nitrogen and oxygen atoms in total. The van der Waals surface area contributed by atoms with Crippen LogP contribution in [0.4, 0.5) is 13.2 Å². The van der Waals surface area contributed by atoms with Gasteiger partial charge < -0.3 is 5.11 Å². The van der Waals surface area contributed by atoms with Crippen LogP contribution in [0.1, 0.15) is 29.5 Å². The highest BCUT2D eigenvalue weighted by molar-refractivity contribution is 5.30. The third-order valence-electron chi connectivity index (χ3n) is 4.31. The lowest BCUT2D eigenvalue weighted by molar-refractivity contribution is -0.223. The Morgan fingerprint density at radius 2 is 1.86 bits per heavy atom. The quantitative estimate of drug-likeness (QED) is 0.924. The lowest BCUT2D eigenvalue weighted by atomic mass is 9.90. The van der Waals surface area contributed by atoms with Gasteiger partial charge in [-0.3, -0.25) is 4.90 Å². The van der Waals surface area contributed by atoms with Crippen LogP contribution in [0.2, 0.25) is 0 Å². The number of halogens is 3. The third-order valence-corrected chi connectivity index (χ3v) is 4.31. The summed E-state index contributed by atoms with van der Waals surface area (Å²) in [6.07, 6.45) is -5.89. The molecular formula is C16H22F3NO. The molecule has 1 saturated heterocycles. The molecule has 1 unspecified atom stereocenters. The van der Waals surface area contributed by atoms with E-state index >= 15 is 0 Å². The molecule has 0 radical (unpaired) electrons. The van der Waals surface area contributed by atoms with Gasteiger partial charge in [-0.25, -0.2) is 0 Å². The topological polar surface area (TPSA) is 23.5 Å². The minimum Gasteiger partial charge on any atom is -0.383 e. The summed E-state index contributed by atoms with van der Waals surface area (Å²) in [6, 6.07) is 6.27. The fourth-order valence-corrected chi connectivity index (χ4v) is 2.91. The molecule has 1 aromatic rings. The number of benzene rings is 1. The maximum atomic E-state index is 12.5. The van der Waals surface area contributed by atoms with Crippen molar-refractivity contribution in [2.45, 2.75) is 45.5 Å². The van der Waals surface area contributed by atoms with E-state index in [1.54, 1.807) is 0 Å². The summed E-state index contributed by atoms with van der Waals surface area (Å²) in [7, 11) is 0. The predicted octanol–water partition coefficient (Wildman–Crippen LogP) is 3.44. The van der Waals surface area contributed by atoms with Gasteiger partial charge in [0, 0.05) is 6.54 Å². The first kappa shape index (κ1) is 16.3. The second-order valence-corrected chi connectivity index (χ2v) is 6.03. The van der Waals surface area contributed by atoms with E-state index in [4.69, 9.17) is 0 Å². The Morgan fingerprint density at radius 1 is 1.24 bits per heavy atom. The maximum absolute atomic E-state index is 12.5. The molecule has 1 heterocycles. The summed E-state index contributed by atoms with van der Waals surface area (Å²) >= 11 is 0.